The van der Waals surface area contributed by atoms with Crippen molar-refractivity contribution in [3.63, 3.8) is 0 Å². The number of nitrogens with one attached hydrogen (secondary N) is 1. The summed E-state index contributed by atoms with van der Waals surface area (Å²) in [6, 6.07) is 10.4. The summed E-state index contributed by atoms with van der Waals surface area (Å²) in [6.07, 6.45) is 12.4. The zero-order chi connectivity index (χ0) is 14.7. The van der Waals surface area contributed by atoms with Crippen LogP contribution in [0, 0.1) is 5.41 Å². The van der Waals surface area contributed by atoms with E-state index in [1.807, 2.05) is 0 Å². The first-order valence-electron chi connectivity index (χ1n) is 9.01. The van der Waals surface area contributed by atoms with Crippen LogP contribution in [-0.4, -0.2) is 6.04 Å². The molecule has 0 heterocycles. The molecule has 1 aromatic rings. The van der Waals surface area contributed by atoms with Crippen molar-refractivity contribution in [1.82, 2.24) is 5.32 Å². The topological polar surface area (TPSA) is 12.0 Å². The Kier molecular flexibility index (Phi) is 4.69. The Balaban J connectivity index is 1.78. The Hall–Kier alpha value is -0.820. The van der Waals surface area contributed by atoms with Gasteiger partial charge in [0.25, 0.3) is 0 Å². The Bertz CT molecular complexity index is 455. The molecule has 1 fully saturated rings. The van der Waals surface area contributed by atoms with Crippen molar-refractivity contribution < 1.29 is 0 Å². The summed E-state index contributed by atoms with van der Waals surface area (Å²) in [5.41, 5.74) is 3.51. The van der Waals surface area contributed by atoms with Gasteiger partial charge in [0.1, 0.15) is 0 Å². The molecule has 1 nitrogen and oxygen atoms in total. The Labute approximate surface area is 130 Å². The molecule has 0 bridgehead atoms. The number of benzene rings is 1. The van der Waals surface area contributed by atoms with E-state index in [2.05, 4.69) is 43.4 Å². The quantitative estimate of drug-likeness (QED) is 0.767. The highest BCUT2D eigenvalue weighted by atomic mass is 15.0. The predicted octanol–water partition coefficient (Wildman–Crippen LogP) is 5.40. The average Bonchev–Trinajstić information content (AvgIpc) is 2.44. The number of aryl methyl sites for hydroxylation is 1. The molecule has 0 aromatic heterocycles. The number of rotatable bonds is 2. The van der Waals surface area contributed by atoms with Gasteiger partial charge in [-0.1, -0.05) is 70.2 Å². The normalized spacial score (nSPS) is 26.7. The number of hydrogen-bond acceptors (Lipinski definition) is 1. The molecule has 116 valence electrons. The molecule has 0 radical (unpaired) electrons. The Morgan fingerprint density at radius 2 is 1.62 bits per heavy atom. The highest BCUT2D eigenvalue weighted by molar-refractivity contribution is 5.34. The van der Waals surface area contributed by atoms with Crippen LogP contribution in [0.5, 0.6) is 0 Å². The molecular formula is C20H31N. The van der Waals surface area contributed by atoms with Gasteiger partial charge < -0.3 is 5.32 Å². The van der Waals surface area contributed by atoms with Crippen LogP contribution in [0.3, 0.4) is 0 Å². The summed E-state index contributed by atoms with van der Waals surface area (Å²) in [5, 5.41) is 4.07. The lowest BCUT2D eigenvalue weighted by molar-refractivity contribution is 0.183. The highest BCUT2D eigenvalue weighted by Gasteiger charge is 2.36. The van der Waals surface area contributed by atoms with Crippen LogP contribution in [0.25, 0.3) is 0 Å². The van der Waals surface area contributed by atoms with Gasteiger partial charge in [-0.25, -0.2) is 0 Å². The van der Waals surface area contributed by atoms with Crippen LogP contribution >= 0.6 is 0 Å². The van der Waals surface area contributed by atoms with Crippen LogP contribution < -0.4 is 5.32 Å². The maximum Gasteiger partial charge on any atom is 0.0376 e. The molecule has 1 aromatic carbocycles. The molecule has 1 N–H and O–H groups in total. The lowest BCUT2D eigenvalue weighted by Gasteiger charge is -2.43. The molecule has 21 heavy (non-hydrogen) atoms. The minimum atomic E-state index is 0.372. The van der Waals surface area contributed by atoms with E-state index >= 15 is 0 Å². The van der Waals surface area contributed by atoms with E-state index in [9.17, 15) is 0 Å². The van der Waals surface area contributed by atoms with E-state index in [4.69, 9.17) is 0 Å². The van der Waals surface area contributed by atoms with Crippen molar-refractivity contribution in [2.24, 2.45) is 5.41 Å². The third kappa shape index (κ3) is 3.51. The third-order valence-electron chi connectivity index (χ3n) is 5.69. The molecule has 0 aliphatic heterocycles. The molecule has 0 saturated heterocycles. The maximum atomic E-state index is 4.07. The minimum absolute atomic E-state index is 0.372. The van der Waals surface area contributed by atoms with E-state index < -0.39 is 0 Å². The predicted molar refractivity (Wildman–Crippen MR) is 90.5 cm³/mol. The maximum absolute atomic E-state index is 4.07. The van der Waals surface area contributed by atoms with Crippen molar-refractivity contribution in [1.29, 1.82) is 0 Å². The van der Waals surface area contributed by atoms with Crippen LogP contribution in [-0.2, 0) is 6.42 Å². The number of hydrogen-bond donors (Lipinski definition) is 1. The molecule has 2 aliphatic rings. The second-order valence-electron chi connectivity index (χ2n) is 7.83. The molecule has 2 aliphatic carbocycles. The molecule has 1 unspecified atom stereocenters. The summed E-state index contributed by atoms with van der Waals surface area (Å²) in [5.74, 6) is 0. The summed E-state index contributed by atoms with van der Waals surface area (Å²) in [6.45, 7) is 4.90. The van der Waals surface area contributed by atoms with Crippen molar-refractivity contribution in [3.8, 4) is 0 Å². The molecular weight excluding hydrogens is 254 g/mol. The molecule has 1 saturated carbocycles. The van der Waals surface area contributed by atoms with Gasteiger partial charge in [-0.15, -0.1) is 0 Å². The number of fused-ring (bicyclic) bond motifs is 1. The molecule has 3 rings (SSSR count). The van der Waals surface area contributed by atoms with Crippen LogP contribution in [0.1, 0.15) is 82.4 Å². The van der Waals surface area contributed by atoms with Gasteiger partial charge >= 0.3 is 0 Å². The van der Waals surface area contributed by atoms with Crippen LogP contribution in [0.4, 0.5) is 0 Å². The fourth-order valence-electron chi connectivity index (χ4n) is 4.24. The zero-order valence-corrected chi connectivity index (χ0v) is 13.8. The molecule has 0 spiro atoms. The molecule has 0 amide bonds. The SMILES string of the molecule is CC1(C)CCc2ccccc2C1NC1CCCCCCC1. The first kappa shape index (κ1) is 15.1. The fourth-order valence-corrected chi connectivity index (χ4v) is 4.24. The van der Waals surface area contributed by atoms with Crippen LogP contribution in [0.15, 0.2) is 24.3 Å². The largest absolute Gasteiger partial charge is 0.307 e. The van der Waals surface area contributed by atoms with E-state index in [0.29, 0.717) is 11.5 Å². The van der Waals surface area contributed by atoms with E-state index in [-0.39, 0.29) is 0 Å². The molecule has 1 atom stereocenters. The molecule has 1 heteroatoms. The first-order chi connectivity index (χ1) is 10.2. The second kappa shape index (κ2) is 6.52. The van der Waals surface area contributed by atoms with Gasteiger partial charge in [0.15, 0.2) is 0 Å². The minimum Gasteiger partial charge on any atom is -0.307 e. The van der Waals surface area contributed by atoms with Gasteiger partial charge in [-0.05, 0) is 42.2 Å². The lowest BCUT2D eigenvalue weighted by Crippen LogP contribution is -2.43. The highest BCUT2D eigenvalue weighted by Crippen LogP contribution is 2.44. The lowest BCUT2D eigenvalue weighted by atomic mass is 9.70. The van der Waals surface area contributed by atoms with E-state index in [1.165, 1.54) is 57.8 Å². The van der Waals surface area contributed by atoms with Crippen molar-refractivity contribution in [3.05, 3.63) is 35.4 Å². The van der Waals surface area contributed by atoms with Crippen molar-refractivity contribution in [2.75, 3.05) is 0 Å². The first-order valence-corrected chi connectivity index (χ1v) is 9.01. The van der Waals surface area contributed by atoms with Gasteiger partial charge in [0.2, 0.25) is 0 Å². The van der Waals surface area contributed by atoms with E-state index in [0.717, 1.165) is 6.04 Å². The van der Waals surface area contributed by atoms with Gasteiger partial charge in [-0.3, -0.25) is 0 Å². The second-order valence-corrected chi connectivity index (χ2v) is 7.83. The van der Waals surface area contributed by atoms with Gasteiger partial charge in [0.05, 0.1) is 0 Å². The monoisotopic (exact) mass is 285 g/mol. The summed E-state index contributed by atoms with van der Waals surface area (Å²) >= 11 is 0. The van der Waals surface area contributed by atoms with E-state index in [1.54, 1.807) is 11.1 Å². The Morgan fingerprint density at radius 3 is 2.38 bits per heavy atom. The van der Waals surface area contributed by atoms with Gasteiger partial charge in [0, 0.05) is 12.1 Å². The summed E-state index contributed by atoms with van der Waals surface area (Å²) in [7, 11) is 0. The van der Waals surface area contributed by atoms with Gasteiger partial charge in [-0.2, -0.15) is 0 Å². The van der Waals surface area contributed by atoms with Crippen LogP contribution in [0.2, 0.25) is 0 Å². The summed E-state index contributed by atoms with van der Waals surface area (Å²) in [4.78, 5) is 0. The fraction of sp³-hybridized carbons (Fsp3) is 0.700. The van der Waals surface area contributed by atoms with Crippen molar-refractivity contribution in [2.45, 2.75) is 83.7 Å². The van der Waals surface area contributed by atoms with Crippen molar-refractivity contribution >= 4 is 0 Å². The average molecular weight is 285 g/mol. The smallest absolute Gasteiger partial charge is 0.0376 e. The summed E-state index contributed by atoms with van der Waals surface area (Å²) < 4.78 is 0. The zero-order valence-electron chi connectivity index (χ0n) is 13.8. The third-order valence-corrected chi connectivity index (χ3v) is 5.69. The Morgan fingerprint density at radius 1 is 0.952 bits per heavy atom. The standard InChI is InChI=1S/C20H31N/c1-20(2)15-14-16-10-8-9-13-18(16)19(20)21-17-11-6-4-3-5-7-12-17/h8-10,13,17,19,21H,3-7,11-12,14-15H2,1-2H3.